The standard InChI is InChI=1S/C18H15Cl3N2O5/c19-11-6-13(20)18(14(21)7-11)23-16(25)10-28-17(26)8-22-15(24)9-27-12-4-2-1-3-5-12/h1-7H,8-10H2,(H,22,24)(H,23,25). The normalized spacial score (nSPS) is 10.1. The van der Waals surface area contributed by atoms with Crippen molar-refractivity contribution in [1.29, 1.82) is 0 Å². The Bertz CT molecular complexity index is 839. The fraction of sp³-hybridized carbons (Fsp3) is 0.167. The Labute approximate surface area is 175 Å². The second kappa shape index (κ2) is 10.8. The van der Waals surface area contributed by atoms with Crippen LogP contribution in [-0.2, 0) is 19.1 Å². The highest BCUT2D eigenvalue weighted by molar-refractivity contribution is 6.42. The summed E-state index contributed by atoms with van der Waals surface area (Å²) in [6.45, 7) is -1.25. The Balaban J connectivity index is 1.69. The van der Waals surface area contributed by atoms with Gasteiger partial charge in [-0.1, -0.05) is 53.0 Å². The van der Waals surface area contributed by atoms with Crippen LogP contribution in [0.4, 0.5) is 5.69 Å². The quantitative estimate of drug-likeness (QED) is 0.608. The zero-order chi connectivity index (χ0) is 20.5. The molecule has 0 atom stereocenters. The van der Waals surface area contributed by atoms with E-state index in [0.29, 0.717) is 10.8 Å². The summed E-state index contributed by atoms with van der Waals surface area (Å²) >= 11 is 17.7. The zero-order valence-electron chi connectivity index (χ0n) is 14.3. The monoisotopic (exact) mass is 444 g/mol. The molecule has 2 rings (SSSR count). The van der Waals surface area contributed by atoms with Crippen molar-refractivity contribution in [2.24, 2.45) is 0 Å². The van der Waals surface area contributed by atoms with E-state index in [1.54, 1.807) is 24.3 Å². The molecule has 0 aliphatic carbocycles. The van der Waals surface area contributed by atoms with E-state index < -0.39 is 30.9 Å². The van der Waals surface area contributed by atoms with Crippen molar-refractivity contribution in [3.8, 4) is 5.75 Å². The molecule has 28 heavy (non-hydrogen) atoms. The minimum atomic E-state index is -0.795. The summed E-state index contributed by atoms with van der Waals surface area (Å²) in [5, 5.41) is 5.34. The number of hydrogen-bond acceptors (Lipinski definition) is 5. The van der Waals surface area contributed by atoms with Gasteiger partial charge in [0.1, 0.15) is 12.3 Å². The van der Waals surface area contributed by atoms with Gasteiger partial charge in [0.15, 0.2) is 13.2 Å². The molecule has 0 spiro atoms. The highest BCUT2D eigenvalue weighted by Crippen LogP contribution is 2.33. The highest BCUT2D eigenvalue weighted by atomic mass is 35.5. The molecule has 148 valence electrons. The van der Waals surface area contributed by atoms with Crippen LogP contribution in [0.1, 0.15) is 0 Å². The van der Waals surface area contributed by atoms with Gasteiger partial charge >= 0.3 is 5.97 Å². The molecule has 0 aromatic heterocycles. The van der Waals surface area contributed by atoms with Crippen LogP contribution in [0.15, 0.2) is 42.5 Å². The number of esters is 1. The van der Waals surface area contributed by atoms with Gasteiger partial charge in [-0.15, -0.1) is 0 Å². The second-order valence-electron chi connectivity index (χ2n) is 5.33. The molecule has 2 aromatic rings. The number of carbonyl (C=O) groups excluding carboxylic acids is 3. The van der Waals surface area contributed by atoms with E-state index in [4.69, 9.17) is 44.3 Å². The van der Waals surface area contributed by atoms with Gasteiger partial charge in [0.2, 0.25) is 0 Å². The maximum absolute atomic E-state index is 11.9. The Kier molecular flexibility index (Phi) is 8.38. The van der Waals surface area contributed by atoms with Crippen molar-refractivity contribution in [2.75, 3.05) is 25.1 Å². The largest absolute Gasteiger partial charge is 0.484 e. The molecule has 0 aliphatic rings. The molecule has 10 heteroatoms. The topological polar surface area (TPSA) is 93.7 Å². The number of ether oxygens (including phenoxy) is 2. The van der Waals surface area contributed by atoms with Gasteiger partial charge in [-0.25, -0.2) is 0 Å². The van der Waals surface area contributed by atoms with E-state index in [1.807, 2.05) is 6.07 Å². The Hall–Kier alpha value is -2.48. The van der Waals surface area contributed by atoms with Crippen LogP contribution in [0.2, 0.25) is 15.1 Å². The minimum Gasteiger partial charge on any atom is -0.484 e. The summed E-state index contributed by atoms with van der Waals surface area (Å²) < 4.78 is 10.0. The summed E-state index contributed by atoms with van der Waals surface area (Å²) in [6.07, 6.45) is 0. The number of hydrogen-bond donors (Lipinski definition) is 2. The lowest BCUT2D eigenvalue weighted by atomic mass is 10.3. The molecule has 0 fully saturated rings. The van der Waals surface area contributed by atoms with Crippen LogP contribution in [0.3, 0.4) is 0 Å². The minimum absolute atomic E-state index is 0.142. The van der Waals surface area contributed by atoms with Crippen LogP contribution in [0, 0.1) is 0 Å². The molecular formula is C18H15Cl3N2O5. The average molecular weight is 446 g/mol. The molecule has 2 aromatic carbocycles. The maximum atomic E-state index is 11.9. The number of halogens is 3. The second-order valence-corrected chi connectivity index (χ2v) is 6.58. The molecule has 0 aliphatic heterocycles. The van der Waals surface area contributed by atoms with Gasteiger partial charge in [0.05, 0.1) is 15.7 Å². The average Bonchev–Trinajstić information content (AvgIpc) is 2.66. The van der Waals surface area contributed by atoms with Crippen molar-refractivity contribution in [2.45, 2.75) is 0 Å². The van der Waals surface area contributed by atoms with E-state index in [0.717, 1.165) is 0 Å². The van der Waals surface area contributed by atoms with E-state index in [-0.39, 0.29) is 22.3 Å². The molecule has 0 radical (unpaired) electrons. The van der Waals surface area contributed by atoms with Crippen LogP contribution >= 0.6 is 34.8 Å². The number of rotatable bonds is 8. The predicted octanol–water partition coefficient (Wildman–Crippen LogP) is 3.32. The van der Waals surface area contributed by atoms with Gasteiger partial charge < -0.3 is 20.1 Å². The molecule has 7 nitrogen and oxygen atoms in total. The number of amides is 2. The van der Waals surface area contributed by atoms with E-state index in [9.17, 15) is 14.4 Å². The summed E-state index contributed by atoms with van der Waals surface area (Å²) in [4.78, 5) is 35.1. The van der Waals surface area contributed by atoms with E-state index >= 15 is 0 Å². The molecule has 0 saturated carbocycles. The summed E-state index contributed by atoms with van der Waals surface area (Å²) in [7, 11) is 0. The van der Waals surface area contributed by atoms with Crippen LogP contribution in [0.5, 0.6) is 5.75 Å². The first-order chi connectivity index (χ1) is 13.3. The fourth-order valence-electron chi connectivity index (χ4n) is 1.92. The third-order valence-electron chi connectivity index (χ3n) is 3.18. The third-order valence-corrected chi connectivity index (χ3v) is 3.99. The first-order valence-corrected chi connectivity index (χ1v) is 9.03. The summed E-state index contributed by atoms with van der Waals surface area (Å²) in [5.74, 6) is -1.43. The van der Waals surface area contributed by atoms with Crippen LogP contribution < -0.4 is 15.4 Å². The molecular weight excluding hydrogens is 431 g/mol. The van der Waals surface area contributed by atoms with Crippen LogP contribution in [-0.4, -0.2) is 37.5 Å². The Morgan fingerprint density at radius 3 is 2.18 bits per heavy atom. The summed E-state index contributed by atoms with van der Waals surface area (Å²) in [6, 6.07) is 11.5. The zero-order valence-corrected chi connectivity index (χ0v) is 16.6. The lowest BCUT2D eigenvalue weighted by Gasteiger charge is -2.10. The number of carbonyl (C=O) groups is 3. The first kappa shape index (κ1) is 21.8. The molecule has 2 N–H and O–H groups in total. The van der Waals surface area contributed by atoms with Gasteiger partial charge in [-0.2, -0.15) is 0 Å². The number of para-hydroxylation sites is 1. The van der Waals surface area contributed by atoms with Crippen molar-refractivity contribution >= 4 is 58.3 Å². The molecule has 0 bridgehead atoms. The smallest absolute Gasteiger partial charge is 0.325 e. The molecule has 0 unspecified atom stereocenters. The fourth-order valence-corrected chi connectivity index (χ4v) is 2.83. The number of anilines is 1. The maximum Gasteiger partial charge on any atom is 0.325 e. The highest BCUT2D eigenvalue weighted by Gasteiger charge is 2.14. The molecule has 0 saturated heterocycles. The first-order valence-electron chi connectivity index (χ1n) is 7.89. The van der Waals surface area contributed by atoms with Crippen molar-refractivity contribution < 1.29 is 23.9 Å². The molecule has 0 heterocycles. The van der Waals surface area contributed by atoms with Crippen molar-refractivity contribution in [3.63, 3.8) is 0 Å². The third kappa shape index (κ3) is 7.26. The number of nitrogens with one attached hydrogen (secondary N) is 2. The van der Waals surface area contributed by atoms with Gasteiger partial charge in [-0.05, 0) is 24.3 Å². The SMILES string of the molecule is O=C(COc1ccccc1)NCC(=O)OCC(=O)Nc1c(Cl)cc(Cl)cc1Cl. The lowest BCUT2D eigenvalue weighted by Crippen LogP contribution is -2.35. The summed E-state index contributed by atoms with van der Waals surface area (Å²) in [5.41, 5.74) is 0.153. The number of benzene rings is 2. The van der Waals surface area contributed by atoms with Gasteiger partial charge in [-0.3, -0.25) is 14.4 Å². The van der Waals surface area contributed by atoms with Gasteiger partial charge in [0.25, 0.3) is 11.8 Å². The molecule has 2 amide bonds. The predicted molar refractivity (Wildman–Crippen MR) is 106 cm³/mol. The van der Waals surface area contributed by atoms with Gasteiger partial charge in [0, 0.05) is 5.02 Å². The Morgan fingerprint density at radius 2 is 1.54 bits per heavy atom. The van der Waals surface area contributed by atoms with Crippen molar-refractivity contribution in [1.82, 2.24) is 5.32 Å². The van der Waals surface area contributed by atoms with E-state index in [1.165, 1.54) is 12.1 Å². The lowest BCUT2D eigenvalue weighted by molar-refractivity contribution is -0.147. The van der Waals surface area contributed by atoms with Crippen molar-refractivity contribution in [3.05, 3.63) is 57.5 Å². The van der Waals surface area contributed by atoms with E-state index in [2.05, 4.69) is 10.6 Å². The van der Waals surface area contributed by atoms with Crippen LogP contribution in [0.25, 0.3) is 0 Å². The Morgan fingerprint density at radius 1 is 0.893 bits per heavy atom.